The van der Waals surface area contributed by atoms with Crippen molar-refractivity contribution in [3.63, 3.8) is 0 Å². The predicted molar refractivity (Wildman–Crippen MR) is 125 cm³/mol. The zero-order chi connectivity index (χ0) is 21.8. The van der Waals surface area contributed by atoms with Gasteiger partial charge in [-0.3, -0.25) is 9.59 Å². The second-order valence-electron chi connectivity index (χ2n) is 8.75. The maximum atomic E-state index is 13.3. The quantitative estimate of drug-likeness (QED) is 0.430. The van der Waals surface area contributed by atoms with Crippen LogP contribution in [0.15, 0.2) is 71.5 Å². The molecule has 2 bridgehead atoms. The summed E-state index contributed by atoms with van der Waals surface area (Å²) in [5.74, 6) is -0.0878. The van der Waals surface area contributed by atoms with Gasteiger partial charge >= 0.3 is 0 Å². The van der Waals surface area contributed by atoms with Crippen LogP contribution in [0.25, 0.3) is 20.5 Å². The maximum Gasteiger partial charge on any atom is 0.253 e. The van der Waals surface area contributed by atoms with Crippen LogP contribution in [0.5, 0.6) is 0 Å². The Kier molecular flexibility index (Phi) is 4.50. The van der Waals surface area contributed by atoms with Gasteiger partial charge in [0.1, 0.15) is 5.82 Å². The summed E-state index contributed by atoms with van der Waals surface area (Å²) in [6, 6.07) is 19.8. The zero-order valence-corrected chi connectivity index (χ0v) is 18.1. The number of likely N-dealkylation sites (tertiary alicyclic amines) is 1. The van der Waals surface area contributed by atoms with E-state index in [1.165, 1.54) is 22.2 Å². The topological polar surface area (TPSA) is 42.3 Å². The highest BCUT2D eigenvalue weighted by Gasteiger charge is 2.38. The lowest BCUT2D eigenvalue weighted by Crippen LogP contribution is -2.49. The van der Waals surface area contributed by atoms with Crippen LogP contribution < -0.4 is 5.56 Å². The normalized spacial score (nSPS) is 19.7. The van der Waals surface area contributed by atoms with Crippen LogP contribution >= 0.6 is 11.3 Å². The lowest BCUT2D eigenvalue weighted by molar-refractivity contribution is 0.0595. The van der Waals surface area contributed by atoms with Gasteiger partial charge in [-0.15, -0.1) is 11.3 Å². The first-order chi connectivity index (χ1) is 15.6. The maximum absolute atomic E-state index is 13.3. The van der Waals surface area contributed by atoms with Crippen molar-refractivity contribution in [3.05, 3.63) is 94.2 Å². The van der Waals surface area contributed by atoms with Crippen LogP contribution in [0.1, 0.15) is 28.4 Å². The Morgan fingerprint density at radius 1 is 0.969 bits per heavy atom. The van der Waals surface area contributed by atoms with Crippen molar-refractivity contribution in [1.82, 2.24) is 9.47 Å². The Bertz CT molecular complexity index is 1370. The molecule has 0 N–H and O–H groups in total. The molecule has 2 aliphatic rings. The SMILES string of the molecule is O=C(c1ccc(F)cc1)N1C[C@@H]2C[C@H](C1)c1c(-c3cc4ccccc4s3)ccc(=O)n1C2. The van der Waals surface area contributed by atoms with Crippen LogP contribution in [-0.2, 0) is 6.54 Å². The van der Waals surface area contributed by atoms with Crippen molar-refractivity contribution in [2.45, 2.75) is 18.9 Å². The number of carbonyl (C=O) groups is 1. The largest absolute Gasteiger partial charge is 0.338 e. The van der Waals surface area contributed by atoms with Gasteiger partial charge in [0.05, 0.1) is 0 Å². The van der Waals surface area contributed by atoms with Gasteiger partial charge in [0.15, 0.2) is 0 Å². The summed E-state index contributed by atoms with van der Waals surface area (Å²) in [6.07, 6.45) is 0.967. The van der Waals surface area contributed by atoms with Gasteiger partial charge in [-0.2, -0.15) is 0 Å². The number of hydrogen-bond acceptors (Lipinski definition) is 3. The van der Waals surface area contributed by atoms with E-state index in [4.69, 9.17) is 0 Å². The molecule has 1 saturated heterocycles. The molecule has 6 heteroatoms. The van der Waals surface area contributed by atoms with E-state index in [9.17, 15) is 14.0 Å². The fraction of sp³-hybridized carbons (Fsp3) is 0.231. The molecule has 1 amide bonds. The highest BCUT2D eigenvalue weighted by molar-refractivity contribution is 7.22. The van der Waals surface area contributed by atoms with E-state index in [1.54, 1.807) is 29.5 Å². The Hall–Kier alpha value is -3.25. The van der Waals surface area contributed by atoms with Gasteiger partial charge in [-0.25, -0.2) is 4.39 Å². The smallest absolute Gasteiger partial charge is 0.253 e. The Morgan fingerprint density at radius 2 is 1.78 bits per heavy atom. The Labute approximate surface area is 188 Å². The Balaban J connectivity index is 1.40. The molecule has 1 fully saturated rings. The second-order valence-corrected chi connectivity index (χ2v) is 9.83. The van der Waals surface area contributed by atoms with Crippen LogP contribution in [-0.4, -0.2) is 28.5 Å². The number of hydrogen-bond donors (Lipinski definition) is 0. The average molecular weight is 445 g/mol. The zero-order valence-electron chi connectivity index (χ0n) is 17.3. The molecular formula is C26H21FN2O2S. The first-order valence-corrected chi connectivity index (χ1v) is 11.7. The number of thiophene rings is 1. The van der Waals surface area contributed by atoms with E-state index < -0.39 is 0 Å². The lowest BCUT2D eigenvalue weighted by Gasteiger charge is -2.43. The number of piperidine rings is 1. The summed E-state index contributed by atoms with van der Waals surface area (Å²) in [5.41, 5.74) is 2.65. The molecule has 0 radical (unpaired) electrons. The number of amides is 1. The first-order valence-electron chi connectivity index (χ1n) is 10.8. The van der Waals surface area contributed by atoms with Gasteiger partial charge in [-0.1, -0.05) is 18.2 Å². The van der Waals surface area contributed by atoms with Gasteiger partial charge in [0, 0.05) is 58.0 Å². The lowest BCUT2D eigenvalue weighted by atomic mass is 9.81. The number of fused-ring (bicyclic) bond motifs is 5. The van der Waals surface area contributed by atoms with E-state index in [0.717, 1.165) is 22.6 Å². The van der Waals surface area contributed by atoms with Crippen molar-refractivity contribution >= 4 is 27.3 Å². The fourth-order valence-corrected chi connectivity index (χ4v) is 6.38. The third-order valence-corrected chi connectivity index (χ3v) is 7.81. The van der Waals surface area contributed by atoms with Crippen molar-refractivity contribution in [3.8, 4) is 10.4 Å². The van der Waals surface area contributed by atoms with E-state index in [-0.39, 0.29) is 29.1 Å². The average Bonchev–Trinajstić information content (AvgIpc) is 3.24. The summed E-state index contributed by atoms with van der Waals surface area (Å²) in [6.45, 7) is 1.80. The van der Waals surface area contributed by atoms with Gasteiger partial charge in [0.25, 0.3) is 11.5 Å². The molecule has 4 heterocycles. The van der Waals surface area contributed by atoms with Crippen molar-refractivity contribution in [2.75, 3.05) is 13.1 Å². The number of halogens is 1. The van der Waals surface area contributed by atoms with E-state index in [2.05, 4.69) is 18.2 Å². The summed E-state index contributed by atoms with van der Waals surface area (Å²) < 4.78 is 16.5. The predicted octanol–water partition coefficient (Wildman–Crippen LogP) is 5.13. The van der Waals surface area contributed by atoms with E-state index in [1.807, 2.05) is 27.7 Å². The van der Waals surface area contributed by atoms with Gasteiger partial charge < -0.3 is 9.47 Å². The van der Waals surface area contributed by atoms with Crippen molar-refractivity contribution < 1.29 is 9.18 Å². The molecule has 0 aliphatic carbocycles. The number of nitrogens with zero attached hydrogens (tertiary/aromatic N) is 2. The molecule has 2 aliphatic heterocycles. The molecule has 2 aromatic carbocycles. The highest BCUT2D eigenvalue weighted by Crippen LogP contribution is 2.43. The monoisotopic (exact) mass is 444 g/mol. The highest BCUT2D eigenvalue weighted by atomic mass is 32.1. The minimum atomic E-state index is -0.349. The third kappa shape index (κ3) is 3.17. The minimum absolute atomic E-state index is 0.0258. The molecule has 32 heavy (non-hydrogen) atoms. The molecule has 2 atom stereocenters. The molecule has 6 rings (SSSR count). The Morgan fingerprint density at radius 3 is 2.59 bits per heavy atom. The molecule has 2 aromatic heterocycles. The fourth-order valence-electron chi connectivity index (χ4n) is 5.28. The molecule has 0 unspecified atom stereocenters. The van der Waals surface area contributed by atoms with Crippen LogP contribution in [0.2, 0.25) is 0 Å². The molecule has 0 saturated carbocycles. The summed E-state index contributed by atoms with van der Waals surface area (Å²) in [7, 11) is 0. The number of carbonyl (C=O) groups excluding carboxylic acids is 1. The van der Waals surface area contributed by atoms with Crippen LogP contribution in [0, 0.1) is 11.7 Å². The third-order valence-electron chi connectivity index (χ3n) is 6.66. The van der Waals surface area contributed by atoms with Crippen LogP contribution in [0.3, 0.4) is 0 Å². The summed E-state index contributed by atoms with van der Waals surface area (Å²) >= 11 is 1.73. The standard InChI is InChI=1S/C26H21FN2O2S/c27-20-7-5-17(6-8-20)26(31)28-13-16-11-19(15-28)25-21(9-10-24(30)29(25)14-16)23-12-18-3-1-2-4-22(18)32-23/h1-10,12,16,19H,11,13-15H2/t16-,19+/m0/s1. The van der Waals surface area contributed by atoms with Gasteiger partial charge in [-0.05, 0) is 60.2 Å². The molecule has 160 valence electrons. The molecule has 0 spiro atoms. The number of benzene rings is 2. The first kappa shape index (κ1) is 19.4. The minimum Gasteiger partial charge on any atom is -0.338 e. The van der Waals surface area contributed by atoms with Crippen LogP contribution in [0.4, 0.5) is 4.39 Å². The summed E-state index contributed by atoms with van der Waals surface area (Å²) in [5, 5.41) is 1.20. The van der Waals surface area contributed by atoms with E-state index >= 15 is 0 Å². The molecule has 4 nitrogen and oxygen atoms in total. The van der Waals surface area contributed by atoms with E-state index in [0.29, 0.717) is 25.2 Å². The number of aromatic nitrogens is 1. The van der Waals surface area contributed by atoms with Gasteiger partial charge in [0.2, 0.25) is 0 Å². The molecule has 4 aromatic rings. The van der Waals surface area contributed by atoms with Crippen molar-refractivity contribution in [1.29, 1.82) is 0 Å². The second kappa shape index (κ2) is 7.41. The molecular weight excluding hydrogens is 423 g/mol. The summed E-state index contributed by atoms with van der Waals surface area (Å²) in [4.78, 5) is 28.9. The number of pyridine rings is 1. The number of rotatable bonds is 2. The van der Waals surface area contributed by atoms with Crippen molar-refractivity contribution in [2.24, 2.45) is 5.92 Å².